The number of hydrogen-bond acceptors (Lipinski definition) is 5. The Kier molecular flexibility index (Phi) is 4.69. The molecule has 0 radical (unpaired) electrons. The normalized spacial score (nSPS) is 11.0. The van der Waals surface area contributed by atoms with Crippen molar-refractivity contribution in [1.82, 2.24) is 19.9 Å². The zero-order valence-corrected chi connectivity index (χ0v) is 13.6. The second-order valence-corrected chi connectivity index (χ2v) is 5.75. The summed E-state index contributed by atoms with van der Waals surface area (Å²) in [5.41, 5.74) is 1.68. The van der Waals surface area contributed by atoms with E-state index in [1.54, 1.807) is 10.9 Å². The third-order valence-corrected chi connectivity index (χ3v) is 3.49. The maximum Gasteiger partial charge on any atom is 0.227 e. The van der Waals surface area contributed by atoms with Gasteiger partial charge in [-0.1, -0.05) is 19.0 Å². The van der Waals surface area contributed by atoms with E-state index in [2.05, 4.69) is 20.6 Å². The van der Waals surface area contributed by atoms with Crippen LogP contribution < -0.4 is 5.32 Å². The first-order chi connectivity index (χ1) is 11.6. The van der Waals surface area contributed by atoms with E-state index in [1.165, 1.54) is 0 Å². The van der Waals surface area contributed by atoms with Crippen molar-refractivity contribution >= 4 is 11.6 Å². The molecule has 24 heavy (non-hydrogen) atoms. The molecule has 7 heteroatoms. The molecule has 2 aromatic heterocycles. The number of nitrogens with zero attached hydrogens (tertiary/aromatic N) is 4. The van der Waals surface area contributed by atoms with Gasteiger partial charge in [-0.3, -0.25) is 4.79 Å². The van der Waals surface area contributed by atoms with E-state index in [0.29, 0.717) is 24.6 Å². The van der Waals surface area contributed by atoms with Gasteiger partial charge >= 0.3 is 0 Å². The summed E-state index contributed by atoms with van der Waals surface area (Å²) in [4.78, 5) is 16.3. The number of benzene rings is 1. The molecule has 0 saturated heterocycles. The fraction of sp³-hybridized carbons (Fsp3) is 0.294. The summed E-state index contributed by atoms with van der Waals surface area (Å²) in [6.45, 7) is 3.99. The molecule has 0 spiro atoms. The van der Waals surface area contributed by atoms with Gasteiger partial charge < -0.3 is 9.84 Å². The number of carbonyl (C=O) groups excluding carboxylic acids is 1. The monoisotopic (exact) mass is 325 g/mol. The number of amides is 1. The van der Waals surface area contributed by atoms with Gasteiger partial charge in [0, 0.05) is 36.8 Å². The van der Waals surface area contributed by atoms with Gasteiger partial charge in [0.05, 0.1) is 5.69 Å². The standard InChI is InChI=1S/C17H19N5O2/c1-12(2)17-20-16(24-21-17)9-8-15(23)19-13-4-6-14(7-5-13)22-11-3-10-18-22/h3-7,10-12H,8-9H2,1-2H3,(H,19,23). The predicted octanol–water partition coefficient (Wildman–Crippen LogP) is 2.95. The van der Waals surface area contributed by atoms with Crippen molar-refractivity contribution in [2.24, 2.45) is 0 Å². The largest absolute Gasteiger partial charge is 0.339 e. The predicted molar refractivity (Wildman–Crippen MR) is 88.9 cm³/mol. The molecular weight excluding hydrogens is 306 g/mol. The van der Waals surface area contributed by atoms with Crippen molar-refractivity contribution in [3.8, 4) is 5.69 Å². The highest BCUT2D eigenvalue weighted by Crippen LogP contribution is 2.14. The molecule has 0 aliphatic heterocycles. The molecule has 0 aliphatic rings. The number of carbonyl (C=O) groups is 1. The zero-order chi connectivity index (χ0) is 16.9. The minimum atomic E-state index is -0.0915. The van der Waals surface area contributed by atoms with Crippen molar-refractivity contribution in [1.29, 1.82) is 0 Å². The lowest BCUT2D eigenvalue weighted by Crippen LogP contribution is -2.12. The molecule has 1 amide bonds. The minimum Gasteiger partial charge on any atom is -0.339 e. The quantitative estimate of drug-likeness (QED) is 0.753. The van der Waals surface area contributed by atoms with Crippen LogP contribution in [0.1, 0.15) is 37.9 Å². The van der Waals surface area contributed by atoms with Gasteiger partial charge in [0.2, 0.25) is 11.8 Å². The molecule has 0 fully saturated rings. The van der Waals surface area contributed by atoms with E-state index in [9.17, 15) is 4.79 Å². The van der Waals surface area contributed by atoms with Crippen LogP contribution in [-0.2, 0) is 11.2 Å². The highest BCUT2D eigenvalue weighted by Gasteiger charge is 2.11. The Bertz CT molecular complexity index is 791. The van der Waals surface area contributed by atoms with Gasteiger partial charge in [-0.25, -0.2) is 4.68 Å². The number of aryl methyl sites for hydroxylation is 1. The number of anilines is 1. The number of hydrogen-bond donors (Lipinski definition) is 1. The van der Waals surface area contributed by atoms with Crippen LogP contribution in [0.3, 0.4) is 0 Å². The Morgan fingerprint density at radius 3 is 2.71 bits per heavy atom. The van der Waals surface area contributed by atoms with Crippen LogP contribution in [0.25, 0.3) is 5.69 Å². The van der Waals surface area contributed by atoms with Crippen molar-refractivity contribution in [2.45, 2.75) is 32.6 Å². The lowest BCUT2D eigenvalue weighted by Gasteiger charge is -2.06. The summed E-state index contributed by atoms with van der Waals surface area (Å²) >= 11 is 0. The minimum absolute atomic E-state index is 0.0915. The van der Waals surface area contributed by atoms with Crippen LogP contribution in [-0.4, -0.2) is 25.8 Å². The lowest BCUT2D eigenvalue weighted by atomic mass is 10.2. The molecule has 1 aromatic carbocycles. The average Bonchev–Trinajstić information content (AvgIpc) is 3.25. The second kappa shape index (κ2) is 7.08. The summed E-state index contributed by atoms with van der Waals surface area (Å²) in [6, 6.07) is 9.35. The highest BCUT2D eigenvalue weighted by molar-refractivity contribution is 5.90. The first-order valence-electron chi connectivity index (χ1n) is 7.84. The molecule has 0 unspecified atom stereocenters. The Labute approximate surface area is 139 Å². The summed E-state index contributed by atoms with van der Waals surface area (Å²) in [5, 5.41) is 10.9. The number of aromatic nitrogens is 4. The van der Waals surface area contributed by atoms with Gasteiger partial charge in [-0.2, -0.15) is 10.1 Å². The fourth-order valence-corrected chi connectivity index (χ4v) is 2.17. The number of nitrogens with one attached hydrogen (secondary N) is 1. The first-order valence-corrected chi connectivity index (χ1v) is 7.84. The van der Waals surface area contributed by atoms with E-state index < -0.39 is 0 Å². The van der Waals surface area contributed by atoms with Crippen LogP contribution in [0.15, 0.2) is 47.2 Å². The molecule has 0 bridgehead atoms. The Morgan fingerprint density at radius 2 is 2.08 bits per heavy atom. The lowest BCUT2D eigenvalue weighted by molar-refractivity contribution is -0.116. The Morgan fingerprint density at radius 1 is 1.29 bits per heavy atom. The molecular formula is C17H19N5O2. The molecule has 2 heterocycles. The maximum atomic E-state index is 12.0. The van der Waals surface area contributed by atoms with Gasteiger partial charge in [-0.05, 0) is 30.3 Å². The molecule has 0 atom stereocenters. The SMILES string of the molecule is CC(C)c1noc(CCC(=O)Nc2ccc(-n3cccn3)cc2)n1. The van der Waals surface area contributed by atoms with Crippen LogP contribution in [0.2, 0.25) is 0 Å². The molecule has 7 nitrogen and oxygen atoms in total. The summed E-state index contributed by atoms with van der Waals surface area (Å²) < 4.78 is 6.89. The van der Waals surface area contributed by atoms with Crippen LogP contribution in [0.5, 0.6) is 0 Å². The van der Waals surface area contributed by atoms with E-state index in [-0.39, 0.29) is 11.8 Å². The third-order valence-electron chi connectivity index (χ3n) is 3.49. The van der Waals surface area contributed by atoms with E-state index in [4.69, 9.17) is 4.52 Å². The highest BCUT2D eigenvalue weighted by atomic mass is 16.5. The summed E-state index contributed by atoms with van der Waals surface area (Å²) in [7, 11) is 0. The first kappa shape index (κ1) is 15.9. The average molecular weight is 325 g/mol. The van der Waals surface area contributed by atoms with E-state index in [1.807, 2.05) is 50.4 Å². The van der Waals surface area contributed by atoms with Crippen LogP contribution in [0.4, 0.5) is 5.69 Å². The fourth-order valence-electron chi connectivity index (χ4n) is 2.17. The van der Waals surface area contributed by atoms with Gasteiger partial charge in [0.1, 0.15) is 0 Å². The maximum absolute atomic E-state index is 12.0. The van der Waals surface area contributed by atoms with Gasteiger partial charge in [-0.15, -0.1) is 0 Å². The van der Waals surface area contributed by atoms with Crippen molar-refractivity contribution in [2.75, 3.05) is 5.32 Å². The Hall–Kier alpha value is -2.96. The van der Waals surface area contributed by atoms with Crippen LogP contribution in [0, 0.1) is 0 Å². The molecule has 1 N–H and O–H groups in total. The molecule has 124 valence electrons. The third kappa shape index (κ3) is 3.87. The second-order valence-electron chi connectivity index (χ2n) is 5.75. The summed E-state index contributed by atoms with van der Waals surface area (Å²) in [6.07, 6.45) is 4.30. The molecule has 0 aliphatic carbocycles. The van der Waals surface area contributed by atoms with E-state index in [0.717, 1.165) is 11.4 Å². The van der Waals surface area contributed by atoms with Crippen LogP contribution >= 0.6 is 0 Å². The van der Waals surface area contributed by atoms with Crippen molar-refractivity contribution < 1.29 is 9.32 Å². The molecule has 0 saturated carbocycles. The smallest absolute Gasteiger partial charge is 0.227 e. The van der Waals surface area contributed by atoms with E-state index >= 15 is 0 Å². The van der Waals surface area contributed by atoms with Crippen molar-refractivity contribution in [3.63, 3.8) is 0 Å². The van der Waals surface area contributed by atoms with Gasteiger partial charge in [0.25, 0.3) is 0 Å². The number of rotatable bonds is 6. The van der Waals surface area contributed by atoms with Crippen molar-refractivity contribution in [3.05, 3.63) is 54.4 Å². The molecule has 3 aromatic rings. The Balaban J connectivity index is 1.52. The zero-order valence-electron chi connectivity index (χ0n) is 13.6. The molecule has 3 rings (SSSR count). The topological polar surface area (TPSA) is 85.8 Å². The van der Waals surface area contributed by atoms with Gasteiger partial charge in [0.15, 0.2) is 5.82 Å². The summed E-state index contributed by atoms with van der Waals surface area (Å²) in [5.74, 6) is 1.28.